The number of phenolic OH excluding ortho intramolecular Hbond substituents is 1. The van der Waals surface area contributed by atoms with E-state index >= 15 is 0 Å². The summed E-state index contributed by atoms with van der Waals surface area (Å²) >= 11 is 0. The molecule has 0 spiro atoms. The largest absolute Gasteiger partial charge is 0.507 e. The van der Waals surface area contributed by atoms with Crippen molar-refractivity contribution in [2.75, 3.05) is 0 Å². The first-order valence-corrected chi connectivity index (χ1v) is 13.4. The van der Waals surface area contributed by atoms with Gasteiger partial charge in [-0.1, -0.05) is 30.7 Å². The molecular weight excluding hydrogens is 514 g/mol. The summed E-state index contributed by atoms with van der Waals surface area (Å²) in [6.45, 7) is 8.50. The Kier molecular flexibility index (Phi) is 8.01. The van der Waals surface area contributed by atoms with Gasteiger partial charge in [-0.15, -0.1) is 0 Å². The molecule has 9 heteroatoms. The molecular formula is C31H35NO8. The van der Waals surface area contributed by atoms with Gasteiger partial charge in [-0.05, 0) is 64.2 Å². The van der Waals surface area contributed by atoms with Crippen LogP contribution >= 0.6 is 0 Å². The zero-order valence-electron chi connectivity index (χ0n) is 23.3. The third-order valence-electron chi connectivity index (χ3n) is 7.77. The van der Waals surface area contributed by atoms with Crippen molar-refractivity contribution in [2.45, 2.75) is 71.7 Å². The van der Waals surface area contributed by atoms with Crippen molar-refractivity contribution in [1.82, 2.24) is 5.32 Å². The molecule has 1 aromatic carbocycles. The third-order valence-corrected chi connectivity index (χ3v) is 7.77. The summed E-state index contributed by atoms with van der Waals surface area (Å²) in [5, 5.41) is 36.4. The summed E-state index contributed by atoms with van der Waals surface area (Å²) in [6, 6.07) is 1.40. The number of rotatable bonds is 2. The van der Waals surface area contributed by atoms with E-state index in [1.54, 1.807) is 32.9 Å². The molecule has 4 bridgehead atoms. The molecule has 0 unspecified atom stereocenters. The highest BCUT2D eigenvalue weighted by Gasteiger charge is 2.55. The number of nitrogens with one attached hydrogen (secondary N) is 1. The number of carbonyl (C=O) groups is 4. The molecule has 9 nitrogen and oxygen atoms in total. The topological polar surface area (TPSA) is 150 Å². The molecule has 2 heterocycles. The van der Waals surface area contributed by atoms with Crippen LogP contribution in [-0.4, -0.2) is 51.0 Å². The van der Waals surface area contributed by atoms with Gasteiger partial charge in [-0.3, -0.25) is 14.4 Å². The van der Waals surface area contributed by atoms with Crippen LogP contribution in [0.4, 0.5) is 0 Å². The molecule has 1 aliphatic carbocycles. The van der Waals surface area contributed by atoms with Crippen LogP contribution in [0, 0.1) is 18.8 Å². The zero-order valence-corrected chi connectivity index (χ0v) is 23.3. The van der Waals surface area contributed by atoms with Gasteiger partial charge >= 0.3 is 5.97 Å². The van der Waals surface area contributed by atoms with E-state index in [0.717, 1.165) is 11.6 Å². The minimum Gasteiger partial charge on any atom is -0.507 e. The van der Waals surface area contributed by atoms with Crippen LogP contribution in [-0.2, 0) is 19.9 Å². The van der Waals surface area contributed by atoms with Crippen molar-refractivity contribution < 1.29 is 39.2 Å². The number of aromatic hydroxyl groups is 1. The number of hydrogen-bond acceptors (Lipinski definition) is 8. The number of Topliss-reactive ketones (excluding diaryl/α,β-unsaturated/α-hetero) is 1. The van der Waals surface area contributed by atoms with E-state index in [-0.39, 0.29) is 51.6 Å². The number of esters is 1. The summed E-state index contributed by atoms with van der Waals surface area (Å²) in [6.07, 6.45) is 6.01. The molecule has 1 saturated heterocycles. The second kappa shape index (κ2) is 11.0. The van der Waals surface area contributed by atoms with Gasteiger partial charge in [-0.2, -0.15) is 0 Å². The highest BCUT2D eigenvalue weighted by Crippen LogP contribution is 2.49. The molecule has 1 amide bonds. The molecule has 2 aliphatic heterocycles. The summed E-state index contributed by atoms with van der Waals surface area (Å²) in [4.78, 5) is 53.1. The number of aliphatic hydroxyl groups excluding tert-OH is 1. The molecule has 5 atom stereocenters. The fourth-order valence-electron chi connectivity index (χ4n) is 5.48. The SMILES string of the molecule is CC[C@@H]1/C=C\[C@@H](O)[C@@H](C=C(C)C)OC(=O)/C(C)=C\[C@@H]2C(=O)NC3=CC(=O)c4c(cc(C)c(O)c4C(=O)CC1)[C@@]32O. The maximum atomic E-state index is 13.5. The van der Waals surface area contributed by atoms with Crippen LogP contribution in [0.15, 0.2) is 53.3 Å². The van der Waals surface area contributed by atoms with Gasteiger partial charge in [0.25, 0.3) is 0 Å². The van der Waals surface area contributed by atoms with Crippen LogP contribution in [0.25, 0.3) is 0 Å². The average molecular weight is 550 g/mol. The maximum absolute atomic E-state index is 13.5. The number of aliphatic hydroxyl groups is 2. The quantitative estimate of drug-likeness (QED) is 0.324. The lowest BCUT2D eigenvalue weighted by molar-refractivity contribution is -0.145. The third kappa shape index (κ3) is 5.07. The average Bonchev–Trinajstić information content (AvgIpc) is 3.13. The number of hydrogen-bond donors (Lipinski definition) is 4. The molecule has 0 radical (unpaired) electrons. The summed E-state index contributed by atoms with van der Waals surface area (Å²) in [5.74, 6) is -4.41. The Morgan fingerprint density at radius 1 is 1.15 bits per heavy atom. The first-order chi connectivity index (χ1) is 18.8. The molecule has 1 aromatic rings. The van der Waals surface area contributed by atoms with Gasteiger partial charge in [0.05, 0.1) is 17.2 Å². The molecule has 4 rings (SSSR count). The van der Waals surface area contributed by atoms with Crippen molar-refractivity contribution in [2.24, 2.45) is 11.8 Å². The second-order valence-corrected chi connectivity index (χ2v) is 11.0. The Balaban J connectivity index is 1.95. The van der Waals surface area contributed by atoms with Crippen LogP contribution in [0.5, 0.6) is 5.75 Å². The smallest absolute Gasteiger partial charge is 0.334 e. The second-order valence-electron chi connectivity index (χ2n) is 11.0. The van der Waals surface area contributed by atoms with Gasteiger partial charge in [0, 0.05) is 29.2 Å². The number of allylic oxidation sites excluding steroid dienone is 3. The number of ether oxygens (including phenoxy) is 1. The molecule has 0 aromatic heterocycles. The minimum atomic E-state index is -2.10. The highest BCUT2D eigenvalue weighted by molar-refractivity contribution is 6.17. The summed E-state index contributed by atoms with van der Waals surface area (Å²) in [5.41, 5.74) is -1.48. The van der Waals surface area contributed by atoms with Gasteiger partial charge in [0.15, 0.2) is 11.6 Å². The molecule has 0 saturated carbocycles. The number of phenols is 1. The molecule has 40 heavy (non-hydrogen) atoms. The first-order valence-electron chi connectivity index (χ1n) is 13.4. The standard InChI is InChI=1S/C31H35NO8/c1-6-18-7-9-21(33)24(11-15(2)3)40-30(38)17(5)13-20-29(37)32-25-14-23(35)26-19(31(20,25)39)12-16(4)28(36)27(26)22(34)10-8-18/h7,9,11-14,18,20-21,24,33,36,39H,6,8,10H2,1-5H3,(H,32,37)/b9-7-,17-13-/t18-,20-,21-,24-,31+/m1/s1. The Morgan fingerprint density at radius 3 is 2.50 bits per heavy atom. The van der Waals surface area contributed by atoms with Crippen LogP contribution < -0.4 is 5.32 Å². The van der Waals surface area contributed by atoms with Crippen molar-refractivity contribution in [1.29, 1.82) is 0 Å². The monoisotopic (exact) mass is 549 g/mol. The molecule has 3 aliphatic rings. The lowest BCUT2D eigenvalue weighted by Gasteiger charge is -2.34. The van der Waals surface area contributed by atoms with Crippen molar-refractivity contribution in [3.8, 4) is 5.75 Å². The van der Waals surface area contributed by atoms with Crippen molar-refractivity contribution in [3.63, 3.8) is 0 Å². The molecule has 1 fully saturated rings. The normalized spacial score (nSPS) is 30.9. The number of amides is 1. The molecule has 4 N–H and O–H groups in total. The maximum Gasteiger partial charge on any atom is 0.334 e. The van der Waals surface area contributed by atoms with Crippen molar-refractivity contribution in [3.05, 3.63) is 75.5 Å². The fourth-order valence-corrected chi connectivity index (χ4v) is 5.48. The summed E-state index contributed by atoms with van der Waals surface area (Å²) in [7, 11) is 0. The molecule has 212 valence electrons. The lowest BCUT2D eigenvalue weighted by atomic mass is 9.72. The minimum absolute atomic E-state index is 0.000776. The zero-order chi connectivity index (χ0) is 29.5. The van der Waals surface area contributed by atoms with Crippen LogP contribution in [0.3, 0.4) is 0 Å². The van der Waals surface area contributed by atoms with Gasteiger partial charge in [0.1, 0.15) is 23.6 Å². The van der Waals surface area contributed by atoms with E-state index < -0.39 is 47.2 Å². The van der Waals surface area contributed by atoms with E-state index in [2.05, 4.69) is 5.32 Å². The fraction of sp³-hybridized carbons (Fsp3) is 0.419. The van der Waals surface area contributed by atoms with Gasteiger partial charge in [-0.25, -0.2) is 4.79 Å². The van der Waals surface area contributed by atoms with E-state index in [9.17, 15) is 34.5 Å². The van der Waals surface area contributed by atoms with E-state index in [0.29, 0.717) is 12.8 Å². The predicted molar refractivity (Wildman–Crippen MR) is 146 cm³/mol. The number of aryl methyl sites for hydroxylation is 1. The Hall–Kier alpha value is -3.82. The van der Waals surface area contributed by atoms with Gasteiger partial charge in [0.2, 0.25) is 5.91 Å². The number of cyclic esters (lactones) is 1. The lowest BCUT2D eigenvalue weighted by Crippen LogP contribution is -2.39. The predicted octanol–water partition coefficient (Wildman–Crippen LogP) is 3.46. The Labute approximate surface area is 232 Å². The summed E-state index contributed by atoms with van der Waals surface area (Å²) < 4.78 is 5.62. The van der Waals surface area contributed by atoms with E-state index in [4.69, 9.17) is 4.74 Å². The van der Waals surface area contributed by atoms with Crippen LogP contribution in [0.1, 0.15) is 78.8 Å². The Bertz CT molecular complexity index is 1410. The highest BCUT2D eigenvalue weighted by atomic mass is 16.6. The first kappa shape index (κ1) is 29.2. The van der Waals surface area contributed by atoms with E-state index in [1.165, 1.54) is 25.1 Å². The van der Waals surface area contributed by atoms with E-state index in [1.807, 2.05) is 6.92 Å². The van der Waals surface area contributed by atoms with Crippen LogP contribution in [0.2, 0.25) is 0 Å². The van der Waals surface area contributed by atoms with Gasteiger partial charge < -0.3 is 25.4 Å². The number of carbonyl (C=O) groups excluding carboxylic acids is 4. The Morgan fingerprint density at radius 2 is 1.85 bits per heavy atom. The van der Waals surface area contributed by atoms with Crippen molar-refractivity contribution >= 4 is 23.4 Å². The number of ketones is 2. The number of benzene rings is 1.